The van der Waals surface area contributed by atoms with E-state index in [0.29, 0.717) is 5.41 Å². The SMILES string of the molecule is Cl.c1ccc(Cn2ccnc2CN2CCC3(CCNC3)C2)cc1. The van der Waals surface area contributed by atoms with Gasteiger partial charge in [-0.25, -0.2) is 4.98 Å². The fourth-order valence-corrected chi connectivity index (χ4v) is 3.92. The first-order chi connectivity index (χ1) is 10.8. The van der Waals surface area contributed by atoms with Crippen molar-refractivity contribution in [3.8, 4) is 0 Å². The summed E-state index contributed by atoms with van der Waals surface area (Å²) in [7, 11) is 0. The van der Waals surface area contributed by atoms with Crippen molar-refractivity contribution in [1.82, 2.24) is 19.8 Å². The van der Waals surface area contributed by atoms with Gasteiger partial charge in [0, 0.05) is 32.0 Å². The molecule has 124 valence electrons. The number of nitrogens with zero attached hydrogens (tertiary/aromatic N) is 3. The van der Waals surface area contributed by atoms with Gasteiger partial charge in [-0.2, -0.15) is 0 Å². The minimum atomic E-state index is 0. The molecule has 2 aliphatic rings. The third kappa shape index (κ3) is 3.60. The lowest BCUT2D eigenvalue weighted by atomic mass is 9.87. The molecule has 5 heteroatoms. The highest BCUT2D eigenvalue weighted by Gasteiger charge is 2.40. The molecule has 1 N–H and O–H groups in total. The molecule has 1 aromatic carbocycles. The lowest BCUT2D eigenvalue weighted by Crippen LogP contribution is -2.29. The lowest BCUT2D eigenvalue weighted by molar-refractivity contribution is 0.261. The Balaban J connectivity index is 0.00000156. The number of hydrogen-bond acceptors (Lipinski definition) is 3. The van der Waals surface area contributed by atoms with E-state index in [-0.39, 0.29) is 12.4 Å². The van der Waals surface area contributed by atoms with E-state index in [4.69, 9.17) is 0 Å². The van der Waals surface area contributed by atoms with Gasteiger partial charge in [-0.3, -0.25) is 4.90 Å². The predicted molar refractivity (Wildman–Crippen MR) is 94.8 cm³/mol. The number of benzene rings is 1. The van der Waals surface area contributed by atoms with Gasteiger partial charge in [0.15, 0.2) is 0 Å². The average Bonchev–Trinajstić information content (AvgIpc) is 3.26. The highest BCUT2D eigenvalue weighted by Crippen LogP contribution is 2.36. The predicted octanol–water partition coefficient (Wildman–Crippen LogP) is 2.54. The zero-order valence-electron chi connectivity index (χ0n) is 13.4. The Bertz CT molecular complexity index is 619. The van der Waals surface area contributed by atoms with Crippen LogP contribution in [0.2, 0.25) is 0 Å². The smallest absolute Gasteiger partial charge is 0.123 e. The van der Waals surface area contributed by atoms with Crippen LogP contribution >= 0.6 is 12.4 Å². The molecular weight excluding hydrogens is 308 g/mol. The number of likely N-dealkylation sites (tertiary alicyclic amines) is 1. The van der Waals surface area contributed by atoms with Crippen LogP contribution in [0.5, 0.6) is 0 Å². The van der Waals surface area contributed by atoms with Gasteiger partial charge < -0.3 is 9.88 Å². The second-order valence-corrected chi connectivity index (χ2v) is 6.84. The van der Waals surface area contributed by atoms with Crippen molar-refractivity contribution >= 4 is 12.4 Å². The number of imidazole rings is 1. The number of halogens is 1. The zero-order chi connectivity index (χ0) is 14.8. The maximum absolute atomic E-state index is 4.60. The summed E-state index contributed by atoms with van der Waals surface area (Å²) < 4.78 is 2.28. The molecule has 2 saturated heterocycles. The number of nitrogens with one attached hydrogen (secondary N) is 1. The van der Waals surface area contributed by atoms with Crippen molar-refractivity contribution in [3.63, 3.8) is 0 Å². The van der Waals surface area contributed by atoms with Gasteiger partial charge in [0.1, 0.15) is 5.82 Å². The number of hydrogen-bond donors (Lipinski definition) is 1. The summed E-state index contributed by atoms with van der Waals surface area (Å²) in [5.74, 6) is 1.19. The minimum absolute atomic E-state index is 0. The second kappa shape index (κ2) is 7.04. The standard InChI is InChI=1S/C18H24N4.ClH/c1-2-4-16(5-3-1)12-22-11-9-20-17(22)13-21-10-7-18(15-21)6-8-19-14-18;/h1-5,9,11,19H,6-8,10,12-15H2;1H. The van der Waals surface area contributed by atoms with Crippen LogP contribution in [0.1, 0.15) is 24.2 Å². The van der Waals surface area contributed by atoms with E-state index in [0.717, 1.165) is 13.1 Å². The molecule has 1 aromatic heterocycles. The van der Waals surface area contributed by atoms with E-state index < -0.39 is 0 Å². The molecule has 2 fully saturated rings. The summed E-state index contributed by atoms with van der Waals surface area (Å²) >= 11 is 0. The van der Waals surface area contributed by atoms with Gasteiger partial charge in [0.05, 0.1) is 6.54 Å². The fraction of sp³-hybridized carbons (Fsp3) is 0.500. The quantitative estimate of drug-likeness (QED) is 0.934. The third-order valence-electron chi connectivity index (χ3n) is 5.21. The topological polar surface area (TPSA) is 33.1 Å². The van der Waals surface area contributed by atoms with Gasteiger partial charge in [-0.05, 0) is 36.9 Å². The molecular formula is C18H25ClN4. The Labute approximate surface area is 144 Å². The largest absolute Gasteiger partial charge is 0.329 e. The molecule has 1 atom stereocenters. The Morgan fingerprint density at radius 1 is 1.13 bits per heavy atom. The van der Waals surface area contributed by atoms with E-state index in [2.05, 4.69) is 56.3 Å². The summed E-state index contributed by atoms with van der Waals surface area (Å²) in [5.41, 5.74) is 1.87. The summed E-state index contributed by atoms with van der Waals surface area (Å²) in [5, 5.41) is 3.53. The normalized spacial score (nSPS) is 24.2. The van der Waals surface area contributed by atoms with E-state index in [1.54, 1.807) is 0 Å². The van der Waals surface area contributed by atoms with Crippen molar-refractivity contribution in [1.29, 1.82) is 0 Å². The minimum Gasteiger partial charge on any atom is -0.329 e. The first kappa shape index (κ1) is 16.5. The van der Waals surface area contributed by atoms with Gasteiger partial charge in [-0.15, -0.1) is 12.4 Å². The molecule has 2 aromatic rings. The third-order valence-corrected chi connectivity index (χ3v) is 5.21. The molecule has 0 saturated carbocycles. The molecule has 4 nitrogen and oxygen atoms in total. The monoisotopic (exact) mass is 332 g/mol. The van der Waals surface area contributed by atoms with Gasteiger partial charge in [0.25, 0.3) is 0 Å². The highest BCUT2D eigenvalue weighted by atomic mass is 35.5. The van der Waals surface area contributed by atoms with Crippen LogP contribution in [-0.2, 0) is 13.1 Å². The van der Waals surface area contributed by atoms with E-state index >= 15 is 0 Å². The summed E-state index contributed by atoms with van der Waals surface area (Å²) in [6.07, 6.45) is 6.70. The number of rotatable bonds is 4. The maximum atomic E-state index is 4.60. The molecule has 3 heterocycles. The lowest BCUT2D eigenvalue weighted by Gasteiger charge is -2.22. The first-order valence-corrected chi connectivity index (χ1v) is 8.30. The molecule has 0 aliphatic carbocycles. The highest BCUT2D eigenvalue weighted by molar-refractivity contribution is 5.85. The van der Waals surface area contributed by atoms with Crippen LogP contribution < -0.4 is 5.32 Å². The van der Waals surface area contributed by atoms with Crippen molar-refractivity contribution < 1.29 is 0 Å². The van der Waals surface area contributed by atoms with E-state index in [1.165, 1.54) is 50.4 Å². The maximum Gasteiger partial charge on any atom is 0.123 e. The van der Waals surface area contributed by atoms with Crippen molar-refractivity contribution in [2.75, 3.05) is 26.2 Å². The molecule has 0 radical (unpaired) electrons. The van der Waals surface area contributed by atoms with Crippen molar-refractivity contribution in [2.24, 2.45) is 5.41 Å². The molecule has 0 amide bonds. The van der Waals surface area contributed by atoms with Crippen LogP contribution in [0.25, 0.3) is 0 Å². The van der Waals surface area contributed by atoms with Crippen LogP contribution in [0.3, 0.4) is 0 Å². The van der Waals surface area contributed by atoms with Crippen molar-refractivity contribution in [2.45, 2.75) is 25.9 Å². The molecule has 1 unspecified atom stereocenters. The Morgan fingerprint density at radius 3 is 2.78 bits per heavy atom. The Morgan fingerprint density at radius 2 is 2.00 bits per heavy atom. The van der Waals surface area contributed by atoms with Crippen LogP contribution in [0.4, 0.5) is 0 Å². The molecule has 4 rings (SSSR count). The van der Waals surface area contributed by atoms with Gasteiger partial charge in [-0.1, -0.05) is 30.3 Å². The van der Waals surface area contributed by atoms with Gasteiger partial charge in [0.2, 0.25) is 0 Å². The zero-order valence-corrected chi connectivity index (χ0v) is 14.3. The van der Waals surface area contributed by atoms with Crippen LogP contribution in [0.15, 0.2) is 42.7 Å². The van der Waals surface area contributed by atoms with Crippen LogP contribution in [-0.4, -0.2) is 40.6 Å². The summed E-state index contributed by atoms with van der Waals surface area (Å²) in [6.45, 7) is 6.70. The molecule has 1 spiro atoms. The molecule has 23 heavy (non-hydrogen) atoms. The van der Waals surface area contributed by atoms with E-state index in [1.807, 2.05) is 6.20 Å². The first-order valence-electron chi connectivity index (χ1n) is 8.30. The summed E-state index contributed by atoms with van der Waals surface area (Å²) in [4.78, 5) is 7.18. The van der Waals surface area contributed by atoms with Crippen LogP contribution in [0, 0.1) is 5.41 Å². The Kier molecular flexibility index (Phi) is 5.05. The Hall–Kier alpha value is -1.36. The summed E-state index contributed by atoms with van der Waals surface area (Å²) in [6, 6.07) is 10.6. The van der Waals surface area contributed by atoms with Crippen molar-refractivity contribution in [3.05, 3.63) is 54.1 Å². The second-order valence-electron chi connectivity index (χ2n) is 6.84. The number of aromatic nitrogens is 2. The molecule has 0 bridgehead atoms. The van der Waals surface area contributed by atoms with E-state index in [9.17, 15) is 0 Å². The molecule has 2 aliphatic heterocycles. The fourth-order valence-electron chi connectivity index (χ4n) is 3.92. The average molecular weight is 333 g/mol. The van der Waals surface area contributed by atoms with Gasteiger partial charge >= 0.3 is 0 Å².